The number of aromatic nitrogens is 2. The molecule has 0 aliphatic heterocycles. The lowest BCUT2D eigenvalue weighted by atomic mass is 10.3. The average molecular weight is 270 g/mol. The number of nitrogens with zero attached hydrogens (tertiary/aromatic N) is 2. The maximum atomic E-state index is 13.3. The summed E-state index contributed by atoms with van der Waals surface area (Å²) in [6.45, 7) is 2.38. The molecule has 2 heterocycles. The van der Waals surface area contributed by atoms with Crippen molar-refractivity contribution in [1.82, 2.24) is 9.97 Å². The highest BCUT2D eigenvalue weighted by Crippen LogP contribution is 2.16. The van der Waals surface area contributed by atoms with Crippen LogP contribution in [0.5, 0.6) is 0 Å². The van der Waals surface area contributed by atoms with Gasteiger partial charge in [0, 0.05) is 24.4 Å². The Labute approximate surface area is 107 Å². The van der Waals surface area contributed by atoms with E-state index in [9.17, 15) is 8.78 Å². The molecule has 2 aromatic heterocycles. The van der Waals surface area contributed by atoms with E-state index >= 15 is 0 Å². The molecule has 0 aromatic carbocycles. The molecular formula is C11H12F2N4S. The number of rotatable bonds is 4. The molecule has 3 N–H and O–H groups in total. The molecule has 0 spiro atoms. The first kappa shape index (κ1) is 12.7. The molecule has 0 fully saturated rings. The number of pyridine rings is 1. The number of hydrogen-bond acceptors (Lipinski definition) is 5. The third kappa shape index (κ3) is 2.92. The fraction of sp³-hybridized carbons (Fsp3) is 0.273. The van der Waals surface area contributed by atoms with Crippen molar-refractivity contribution in [2.45, 2.75) is 13.3 Å². The van der Waals surface area contributed by atoms with Gasteiger partial charge in [0.2, 0.25) is 0 Å². The summed E-state index contributed by atoms with van der Waals surface area (Å²) in [5.41, 5.74) is 6.20. The predicted molar refractivity (Wildman–Crippen MR) is 67.6 cm³/mol. The highest BCUT2D eigenvalue weighted by molar-refractivity contribution is 7.09. The lowest BCUT2D eigenvalue weighted by Gasteiger charge is -2.06. The second-order valence-electron chi connectivity index (χ2n) is 3.72. The molecule has 0 aliphatic carbocycles. The van der Waals surface area contributed by atoms with Gasteiger partial charge in [0.15, 0.2) is 23.3 Å². The van der Waals surface area contributed by atoms with E-state index < -0.39 is 11.6 Å². The zero-order valence-corrected chi connectivity index (χ0v) is 10.5. The van der Waals surface area contributed by atoms with Gasteiger partial charge in [-0.25, -0.2) is 18.7 Å². The Balaban J connectivity index is 1.96. The van der Waals surface area contributed by atoms with E-state index in [1.54, 1.807) is 11.3 Å². The normalized spacial score (nSPS) is 10.6. The number of hydrogen-bond donors (Lipinski definition) is 2. The largest absolute Gasteiger partial charge is 0.381 e. The molecular weight excluding hydrogens is 258 g/mol. The summed E-state index contributed by atoms with van der Waals surface area (Å²) in [7, 11) is 0. The van der Waals surface area contributed by atoms with Crippen LogP contribution < -0.4 is 11.1 Å². The maximum absolute atomic E-state index is 13.3. The van der Waals surface area contributed by atoms with Crippen LogP contribution in [0.25, 0.3) is 0 Å². The van der Waals surface area contributed by atoms with E-state index in [2.05, 4.69) is 15.3 Å². The second-order valence-corrected chi connectivity index (χ2v) is 4.78. The third-order valence-corrected chi connectivity index (χ3v) is 3.12. The number of nitrogens with two attached hydrogens (primary N) is 1. The maximum Gasteiger partial charge on any atom is 0.168 e. The molecule has 18 heavy (non-hydrogen) atoms. The minimum Gasteiger partial charge on any atom is -0.381 e. The average Bonchev–Trinajstić information content (AvgIpc) is 2.71. The molecule has 0 saturated heterocycles. The van der Waals surface area contributed by atoms with Crippen molar-refractivity contribution >= 4 is 23.0 Å². The number of thiazole rings is 1. The van der Waals surface area contributed by atoms with E-state index in [0.717, 1.165) is 16.8 Å². The van der Waals surface area contributed by atoms with Crippen LogP contribution in [0.15, 0.2) is 11.4 Å². The summed E-state index contributed by atoms with van der Waals surface area (Å²) in [6.07, 6.45) is 0.642. The van der Waals surface area contributed by atoms with Gasteiger partial charge >= 0.3 is 0 Å². The molecule has 96 valence electrons. The Morgan fingerprint density at radius 3 is 2.78 bits per heavy atom. The number of halogens is 2. The molecule has 0 unspecified atom stereocenters. The smallest absolute Gasteiger partial charge is 0.168 e. The highest BCUT2D eigenvalue weighted by Gasteiger charge is 2.09. The van der Waals surface area contributed by atoms with Crippen LogP contribution in [0.4, 0.5) is 20.4 Å². The Morgan fingerprint density at radius 1 is 1.33 bits per heavy atom. The van der Waals surface area contributed by atoms with Crippen LogP contribution >= 0.6 is 11.3 Å². The first-order valence-corrected chi connectivity index (χ1v) is 6.20. The summed E-state index contributed by atoms with van der Waals surface area (Å²) in [5.74, 6) is -1.96. The van der Waals surface area contributed by atoms with Gasteiger partial charge < -0.3 is 11.1 Å². The minimum absolute atomic E-state index is 0.0409. The standard InChI is InChI=1S/C11H12F2N4S/c1-6-16-7(5-18-6)2-3-15-11-9(13)4-8(12)10(14)17-11/h4-5H,2-3H2,1H3,(H3,14,15,17). The van der Waals surface area contributed by atoms with Crippen LogP contribution in [-0.2, 0) is 6.42 Å². The van der Waals surface area contributed by atoms with E-state index in [1.807, 2.05) is 12.3 Å². The number of nitrogen functional groups attached to an aromatic ring is 1. The summed E-state index contributed by atoms with van der Waals surface area (Å²) in [5, 5.41) is 5.70. The van der Waals surface area contributed by atoms with E-state index in [0.29, 0.717) is 13.0 Å². The van der Waals surface area contributed by atoms with Gasteiger partial charge in [-0.2, -0.15) is 0 Å². The fourth-order valence-electron chi connectivity index (χ4n) is 1.44. The SMILES string of the molecule is Cc1nc(CCNc2nc(N)c(F)cc2F)cs1. The van der Waals surface area contributed by atoms with Crippen LogP contribution in [0.1, 0.15) is 10.7 Å². The molecule has 0 aliphatic rings. The molecule has 0 radical (unpaired) electrons. The van der Waals surface area contributed by atoms with Crippen LogP contribution in [0.3, 0.4) is 0 Å². The summed E-state index contributed by atoms with van der Waals surface area (Å²) in [4.78, 5) is 7.88. The van der Waals surface area contributed by atoms with Gasteiger partial charge in [0.25, 0.3) is 0 Å². The van der Waals surface area contributed by atoms with Crippen molar-refractivity contribution in [3.8, 4) is 0 Å². The Morgan fingerprint density at radius 2 is 2.11 bits per heavy atom. The van der Waals surface area contributed by atoms with Crippen LogP contribution in [0, 0.1) is 18.6 Å². The summed E-state index contributed by atoms with van der Waals surface area (Å²) >= 11 is 1.56. The first-order valence-electron chi connectivity index (χ1n) is 5.32. The minimum atomic E-state index is -0.854. The monoisotopic (exact) mass is 270 g/mol. The van der Waals surface area contributed by atoms with Gasteiger partial charge in [-0.15, -0.1) is 11.3 Å². The molecule has 7 heteroatoms. The first-order chi connectivity index (χ1) is 8.56. The predicted octanol–water partition coefficient (Wildman–Crippen LogP) is 2.36. The van der Waals surface area contributed by atoms with Crippen molar-refractivity contribution in [2.75, 3.05) is 17.6 Å². The number of aryl methyl sites for hydroxylation is 1. The van der Waals surface area contributed by atoms with Crippen molar-refractivity contribution < 1.29 is 8.78 Å². The molecule has 0 bridgehead atoms. The lowest BCUT2D eigenvalue weighted by molar-refractivity contribution is 0.579. The van der Waals surface area contributed by atoms with Gasteiger partial charge in [-0.05, 0) is 6.92 Å². The van der Waals surface area contributed by atoms with Gasteiger partial charge in [0.05, 0.1) is 10.7 Å². The molecule has 4 nitrogen and oxygen atoms in total. The molecule has 0 saturated carbocycles. The van der Waals surface area contributed by atoms with Gasteiger partial charge in [-0.3, -0.25) is 0 Å². The van der Waals surface area contributed by atoms with E-state index in [4.69, 9.17) is 5.73 Å². The fourth-order valence-corrected chi connectivity index (χ4v) is 2.08. The van der Waals surface area contributed by atoms with Gasteiger partial charge in [0.1, 0.15) is 0 Å². The van der Waals surface area contributed by atoms with E-state index in [-0.39, 0.29) is 11.6 Å². The topological polar surface area (TPSA) is 63.8 Å². The van der Waals surface area contributed by atoms with Crippen molar-refractivity contribution in [3.05, 3.63) is 33.8 Å². The van der Waals surface area contributed by atoms with Gasteiger partial charge in [-0.1, -0.05) is 0 Å². The lowest BCUT2D eigenvalue weighted by Crippen LogP contribution is -2.10. The summed E-state index contributed by atoms with van der Waals surface area (Å²) < 4.78 is 26.2. The zero-order chi connectivity index (χ0) is 13.1. The van der Waals surface area contributed by atoms with Crippen molar-refractivity contribution in [1.29, 1.82) is 0 Å². The molecule has 0 atom stereocenters. The van der Waals surface area contributed by atoms with Crippen LogP contribution in [0.2, 0.25) is 0 Å². The van der Waals surface area contributed by atoms with Crippen LogP contribution in [-0.4, -0.2) is 16.5 Å². The van der Waals surface area contributed by atoms with Crippen molar-refractivity contribution in [3.63, 3.8) is 0 Å². The third-order valence-electron chi connectivity index (χ3n) is 2.30. The quantitative estimate of drug-likeness (QED) is 0.895. The number of nitrogens with one attached hydrogen (secondary N) is 1. The van der Waals surface area contributed by atoms with E-state index in [1.165, 1.54) is 0 Å². The highest BCUT2D eigenvalue weighted by atomic mass is 32.1. The number of anilines is 2. The molecule has 0 amide bonds. The zero-order valence-electron chi connectivity index (χ0n) is 9.70. The Bertz CT molecular complexity index is 556. The summed E-state index contributed by atoms with van der Waals surface area (Å²) in [6, 6.07) is 0.720. The van der Waals surface area contributed by atoms with Crippen molar-refractivity contribution in [2.24, 2.45) is 0 Å². The molecule has 2 aromatic rings. The second kappa shape index (κ2) is 5.26. The molecule has 2 rings (SSSR count). The Kier molecular flexibility index (Phi) is 3.71. The Hall–Kier alpha value is -1.76.